The Morgan fingerprint density at radius 2 is 2.12 bits per heavy atom. The van der Waals surface area contributed by atoms with Crippen LogP contribution in [0.3, 0.4) is 0 Å². The molecule has 0 aliphatic heterocycles. The third kappa shape index (κ3) is 1.48. The van der Waals surface area contributed by atoms with Crippen molar-refractivity contribution in [1.82, 2.24) is 0 Å². The molecule has 0 aromatic rings. The van der Waals surface area contributed by atoms with Gasteiger partial charge in [-0.25, -0.2) is 0 Å². The van der Waals surface area contributed by atoms with E-state index in [0.717, 1.165) is 0 Å². The van der Waals surface area contributed by atoms with Crippen LogP contribution in [0.5, 0.6) is 0 Å². The quantitative estimate of drug-likeness (QED) is 0.592. The Labute approximate surface area is 51.3 Å². The fraction of sp³-hybridized carbons (Fsp3) is 1.00. The fourth-order valence-corrected chi connectivity index (χ4v) is 0.939. The molecule has 0 aromatic heterocycles. The first kappa shape index (κ1) is 6.09. The third-order valence-electron chi connectivity index (χ3n) is 1.92. The average molecular weight is 113 g/mol. The van der Waals surface area contributed by atoms with Crippen LogP contribution in [0.1, 0.15) is 39.0 Å². The van der Waals surface area contributed by atoms with Gasteiger partial charge in [-0.1, -0.05) is 19.8 Å². The minimum absolute atomic E-state index is 0.302. The van der Waals surface area contributed by atoms with E-state index in [4.69, 9.17) is 5.73 Å². The molecule has 0 amide bonds. The van der Waals surface area contributed by atoms with Gasteiger partial charge in [-0.3, -0.25) is 0 Å². The second kappa shape index (κ2) is 2.06. The lowest BCUT2D eigenvalue weighted by Gasteiger charge is -2.04. The van der Waals surface area contributed by atoms with Gasteiger partial charge in [0.05, 0.1) is 0 Å². The highest BCUT2D eigenvalue weighted by Gasteiger charge is 2.36. The molecular weight excluding hydrogens is 98.1 g/mol. The zero-order valence-electron chi connectivity index (χ0n) is 5.61. The largest absolute Gasteiger partial charge is 0.325 e. The van der Waals surface area contributed by atoms with E-state index in [1.54, 1.807) is 0 Å². The molecule has 2 N–H and O–H groups in total. The summed E-state index contributed by atoms with van der Waals surface area (Å²) < 4.78 is 0. The summed E-state index contributed by atoms with van der Waals surface area (Å²) >= 11 is 0. The molecule has 48 valence electrons. The van der Waals surface area contributed by atoms with Gasteiger partial charge in [-0.2, -0.15) is 0 Å². The molecule has 1 rings (SSSR count). The number of hydrogen-bond donors (Lipinski definition) is 1. The summed E-state index contributed by atoms with van der Waals surface area (Å²) in [5.41, 5.74) is 6.13. The van der Waals surface area contributed by atoms with E-state index in [-0.39, 0.29) is 0 Å². The van der Waals surface area contributed by atoms with Crippen LogP contribution in [-0.2, 0) is 0 Å². The predicted octanol–water partition coefficient (Wildman–Crippen LogP) is 1.67. The number of unbranched alkanes of at least 4 members (excludes halogenated alkanes) is 1. The van der Waals surface area contributed by atoms with E-state index in [0.29, 0.717) is 5.54 Å². The molecule has 1 heteroatoms. The van der Waals surface area contributed by atoms with Gasteiger partial charge in [-0.05, 0) is 19.3 Å². The lowest BCUT2D eigenvalue weighted by atomic mass is 10.1. The minimum atomic E-state index is 0.302. The molecule has 8 heavy (non-hydrogen) atoms. The first-order valence-electron chi connectivity index (χ1n) is 3.56. The molecule has 0 radical (unpaired) electrons. The van der Waals surface area contributed by atoms with Crippen molar-refractivity contribution < 1.29 is 0 Å². The molecule has 1 saturated carbocycles. The summed E-state index contributed by atoms with van der Waals surface area (Å²) in [6.45, 7) is 2.21. The Morgan fingerprint density at radius 1 is 1.50 bits per heavy atom. The predicted molar refractivity (Wildman–Crippen MR) is 35.7 cm³/mol. The van der Waals surface area contributed by atoms with Crippen LogP contribution in [0.4, 0.5) is 0 Å². The molecular formula is C7H15N. The second-order valence-electron chi connectivity index (χ2n) is 2.97. The third-order valence-corrected chi connectivity index (χ3v) is 1.92. The van der Waals surface area contributed by atoms with Crippen molar-refractivity contribution in [1.29, 1.82) is 0 Å². The summed E-state index contributed by atoms with van der Waals surface area (Å²) in [7, 11) is 0. The van der Waals surface area contributed by atoms with Gasteiger partial charge in [0.15, 0.2) is 0 Å². The second-order valence-corrected chi connectivity index (χ2v) is 2.97. The van der Waals surface area contributed by atoms with Crippen LogP contribution in [-0.4, -0.2) is 5.54 Å². The Kier molecular flexibility index (Phi) is 1.57. The molecule has 0 heterocycles. The highest BCUT2D eigenvalue weighted by molar-refractivity contribution is 4.97. The van der Waals surface area contributed by atoms with E-state index >= 15 is 0 Å². The lowest BCUT2D eigenvalue weighted by Crippen LogP contribution is -2.20. The summed E-state index contributed by atoms with van der Waals surface area (Å²) in [5, 5.41) is 0. The van der Waals surface area contributed by atoms with Crippen molar-refractivity contribution in [3.05, 3.63) is 0 Å². The minimum Gasteiger partial charge on any atom is -0.325 e. The molecule has 1 fully saturated rings. The van der Waals surface area contributed by atoms with Gasteiger partial charge < -0.3 is 5.73 Å². The van der Waals surface area contributed by atoms with Crippen LogP contribution in [0.2, 0.25) is 0 Å². The highest BCUT2D eigenvalue weighted by atomic mass is 14.8. The summed E-state index contributed by atoms with van der Waals surface area (Å²) in [6, 6.07) is 0. The Hall–Kier alpha value is -0.0400. The zero-order valence-corrected chi connectivity index (χ0v) is 5.61. The summed E-state index contributed by atoms with van der Waals surface area (Å²) in [6.07, 6.45) is 6.40. The fourth-order valence-electron chi connectivity index (χ4n) is 0.939. The Bertz CT molecular complexity index is 74.5. The molecule has 1 aliphatic carbocycles. The molecule has 1 nitrogen and oxygen atoms in total. The summed E-state index contributed by atoms with van der Waals surface area (Å²) in [5.74, 6) is 0. The van der Waals surface area contributed by atoms with Crippen LogP contribution in [0, 0.1) is 0 Å². The van der Waals surface area contributed by atoms with Crippen molar-refractivity contribution in [3.63, 3.8) is 0 Å². The maximum atomic E-state index is 5.83. The van der Waals surface area contributed by atoms with Gasteiger partial charge in [0.2, 0.25) is 0 Å². The van der Waals surface area contributed by atoms with Crippen molar-refractivity contribution in [3.8, 4) is 0 Å². The van der Waals surface area contributed by atoms with Gasteiger partial charge in [-0.15, -0.1) is 0 Å². The van der Waals surface area contributed by atoms with E-state index in [1.165, 1.54) is 32.1 Å². The number of rotatable bonds is 3. The zero-order chi connectivity index (χ0) is 6.04. The van der Waals surface area contributed by atoms with E-state index in [9.17, 15) is 0 Å². The first-order chi connectivity index (χ1) is 3.77. The standard InChI is InChI=1S/C7H15N/c1-2-3-4-7(8)5-6-7/h2-6,8H2,1H3. The van der Waals surface area contributed by atoms with Crippen LogP contribution < -0.4 is 5.73 Å². The van der Waals surface area contributed by atoms with Gasteiger partial charge in [0.25, 0.3) is 0 Å². The highest BCUT2D eigenvalue weighted by Crippen LogP contribution is 2.36. The smallest absolute Gasteiger partial charge is 0.0155 e. The lowest BCUT2D eigenvalue weighted by molar-refractivity contribution is 0.569. The van der Waals surface area contributed by atoms with Crippen LogP contribution in [0.15, 0.2) is 0 Å². The topological polar surface area (TPSA) is 26.0 Å². The summed E-state index contributed by atoms with van der Waals surface area (Å²) in [4.78, 5) is 0. The Morgan fingerprint density at radius 3 is 2.50 bits per heavy atom. The normalized spacial score (nSPS) is 23.2. The number of hydrogen-bond acceptors (Lipinski definition) is 1. The molecule has 0 spiro atoms. The van der Waals surface area contributed by atoms with Gasteiger partial charge in [0, 0.05) is 5.54 Å². The van der Waals surface area contributed by atoms with Gasteiger partial charge in [0.1, 0.15) is 0 Å². The van der Waals surface area contributed by atoms with Crippen molar-refractivity contribution in [2.45, 2.75) is 44.6 Å². The van der Waals surface area contributed by atoms with Crippen LogP contribution >= 0.6 is 0 Å². The molecule has 1 aliphatic rings. The van der Waals surface area contributed by atoms with E-state index in [2.05, 4.69) is 6.92 Å². The molecule has 0 unspecified atom stereocenters. The van der Waals surface area contributed by atoms with Crippen molar-refractivity contribution in [2.24, 2.45) is 5.73 Å². The monoisotopic (exact) mass is 113 g/mol. The van der Waals surface area contributed by atoms with Crippen LogP contribution in [0.25, 0.3) is 0 Å². The van der Waals surface area contributed by atoms with E-state index in [1.807, 2.05) is 0 Å². The Balaban J connectivity index is 2.01. The SMILES string of the molecule is CCCCC1(N)CC1. The molecule has 0 aromatic carbocycles. The van der Waals surface area contributed by atoms with E-state index < -0.39 is 0 Å². The van der Waals surface area contributed by atoms with Gasteiger partial charge >= 0.3 is 0 Å². The molecule has 0 saturated heterocycles. The molecule has 0 atom stereocenters. The van der Waals surface area contributed by atoms with Crippen molar-refractivity contribution >= 4 is 0 Å². The first-order valence-corrected chi connectivity index (χ1v) is 3.56. The maximum Gasteiger partial charge on any atom is 0.0155 e. The van der Waals surface area contributed by atoms with Crippen molar-refractivity contribution in [2.75, 3.05) is 0 Å². The number of nitrogens with two attached hydrogens (primary N) is 1. The maximum absolute atomic E-state index is 5.83. The average Bonchev–Trinajstić information content (AvgIpc) is 2.45. The molecule has 0 bridgehead atoms.